The topological polar surface area (TPSA) is 6.48 Å². The van der Waals surface area contributed by atoms with Crippen molar-refractivity contribution in [2.24, 2.45) is 0 Å². The van der Waals surface area contributed by atoms with Gasteiger partial charge in [0.1, 0.15) is 0 Å². The molecule has 9 aromatic rings. The molecule has 68 heavy (non-hydrogen) atoms. The van der Waals surface area contributed by atoms with Crippen molar-refractivity contribution in [3.05, 3.63) is 234 Å². The van der Waals surface area contributed by atoms with Crippen molar-refractivity contribution in [3.8, 4) is 44.5 Å². The van der Waals surface area contributed by atoms with E-state index in [1.807, 2.05) is 0 Å². The average molecular weight is 875 g/mol. The fraction of sp³-hybridized carbons (Fsp3) is 0.169. The van der Waals surface area contributed by atoms with E-state index < -0.39 is 5.41 Å². The van der Waals surface area contributed by atoms with E-state index in [9.17, 15) is 0 Å². The number of anilines is 5. The van der Waals surface area contributed by atoms with E-state index >= 15 is 0 Å². The molecule has 0 fully saturated rings. The average Bonchev–Trinajstić information content (AvgIpc) is 3.67. The molecule has 0 unspecified atom stereocenters. The summed E-state index contributed by atoms with van der Waals surface area (Å²) >= 11 is 0. The first-order chi connectivity index (χ1) is 33.4. The van der Waals surface area contributed by atoms with E-state index in [1.165, 1.54) is 143 Å². The Balaban J connectivity index is 1.16. The molecule has 4 aliphatic rings. The van der Waals surface area contributed by atoms with E-state index in [4.69, 9.17) is 0 Å². The lowest BCUT2D eigenvalue weighted by molar-refractivity contribution is 0.590. The lowest BCUT2D eigenvalue weighted by atomic mass is 9.42. The lowest BCUT2D eigenvalue weighted by Crippen LogP contribution is -2.63. The van der Waals surface area contributed by atoms with E-state index in [-0.39, 0.29) is 12.3 Å². The quantitative estimate of drug-likeness (QED) is 0.111. The van der Waals surface area contributed by atoms with Gasteiger partial charge in [0.05, 0.1) is 11.1 Å². The van der Waals surface area contributed by atoms with Gasteiger partial charge >= 0.3 is 6.85 Å². The highest BCUT2D eigenvalue weighted by Crippen LogP contribution is 2.65. The summed E-state index contributed by atoms with van der Waals surface area (Å²) in [4.78, 5) is 5.43. The van der Waals surface area contributed by atoms with Crippen molar-refractivity contribution >= 4 is 46.2 Å². The molecule has 0 saturated carbocycles. The first kappa shape index (κ1) is 40.9. The summed E-state index contributed by atoms with van der Waals surface area (Å²) in [6.07, 6.45) is 5.92. The summed E-state index contributed by atoms with van der Waals surface area (Å²) in [7, 11) is 0. The number of fused-ring (bicyclic) bond motifs is 13. The summed E-state index contributed by atoms with van der Waals surface area (Å²) < 4.78 is 0. The van der Waals surface area contributed by atoms with Gasteiger partial charge < -0.3 is 9.71 Å². The molecule has 0 bridgehead atoms. The van der Waals surface area contributed by atoms with Gasteiger partial charge in [0.2, 0.25) is 0 Å². The van der Waals surface area contributed by atoms with Gasteiger partial charge in [-0.1, -0.05) is 217 Å². The van der Waals surface area contributed by atoms with Gasteiger partial charge in [0, 0.05) is 33.9 Å². The lowest BCUT2D eigenvalue weighted by Gasteiger charge is -2.52. The first-order valence-electron chi connectivity index (χ1n) is 24.9. The normalized spacial score (nSPS) is 14.2. The zero-order valence-corrected chi connectivity index (χ0v) is 39.6. The number of nitrogens with zero attached hydrogens (tertiary/aromatic N) is 2. The largest absolute Gasteiger partial charge is 0.376 e. The molecule has 9 aromatic carbocycles. The Kier molecular flexibility index (Phi) is 9.38. The van der Waals surface area contributed by atoms with Gasteiger partial charge in [-0.15, -0.1) is 0 Å². The van der Waals surface area contributed by atoms with Crippen LogP contribution >= 0.6 is 0 Å². The van der Waals surface area contributed by atoms with Gasteiger partial charge in [-0.2, -0.15) is 0 Å². The molecular formula is C65H55BN2. The zero-order valence-electron chi connectivity index (χ0n) is 39.6. The molecular weight excluding hydrogens is 820 g/mol. The Bertz CT molecular complexity index is 3410. The van der Waals surface area contributed by atoms with Crippen LogP contribution in [0, 0.1) is 0 Å². The van der Waals surface area contributed by atoms with Crippen molar-refractivity contribution in [1.82, 2.24) is 0 Å². The number of hydrogen-bond donors (Lipinski definition) is 0. The Morgan fingerprint density at radius 1 is 0.441 bits per heavy atom. The number of para-hydroxylation sites is 2. The fourth-order valence-corrected chi connectivity index (χ4v) is 12.6. The summed E-state index contributed by atoms with van der Waals surface area (Å²) in [6, 6.07) is 76.8. The van der Waals surface area contributed by atoms with Crippen LogP contribution in [0.25, 0.3) is 44.5 Å². The summed E-state index contributed by atoms with van der Waals surface area (Å²) in [6.45, 7) is 9.22. The van der Waals surface area contributed by atoms with Crippen LogP contribution in [0.3, 0.4) is 0 Å². The van der Waals surface area contributed by atoms with Crippen LogP contribution in [0.4, 0.5) is 28.4 Å². The number of aryl methyl sites for hydroxylation is 1. The molecule has 0 radical (unpaired) electrons. The minimum absolute atomic E-state index is 0.0220. The Labute approximate surface area is 402 Å². The SMILES string of the molecule is CCCCCCc1cc2c3c(c1)N(c1ccc(C(C)(C)C)cc1-c1ccccc1)c1cc(-c4ccccc4)ccc1B3N1c3ccccc3C3(c4ccccc4-c4ccccc43)c3cccc-2c31. The highest BCUT2D eigenvalue weighted by atomic mass is 15.2. The van der Waals surface area contributed by atoms with Crippen LogP contribution < -0.4 is 20.6 Å². The maximum Gasteiger partial charge on any atom is 0.333 e. The smallest absolute Gasteiger partial charge is 0.333 e. The Hall–Kier alpha value is -7.36. The summed E-state index contributed by atoms with van der Waals surface area (Å²) in [5, 5.41) is 0. The molecule has 2 nitrogen and oxygen atoms in total. The second-order valence-electron chi connectivity index (χ2n) is 20.5. The number of rotatable bonds is 8. The molecule has 3 heterocycles. The molecule has 0 saturated heterocycles. The van der Waals surface area contributed by atoms with Gasteiger partial charge in [-0.3, -0.25) is 0 Å². The highest BCUT2D eigenvalue weighted by Gasteiger charge is 2.56. The third-order valence-corrected chi connectivity index (χ3v) is 15.7. The summed E-state index contributed by atoms with van der Waals surface area (Å²) in [5.74, 6) is 0. The third kappa shape index (κ3) is 5.91. The standard InChI is InChI=1S/C65H55BN2/c1-5-6-7-10-22-43-39-52-50-29-21-33-56-63(50)68(59-34-20-19-32-55(59)65(56)53-30-17-15-27-48(53)49-28-16-18-31-54(49)65)66-57-37-35-46(44-23-11-8-12-24-44)41-60(57)67(61(40-43)62(52)66)58-38-36-47(64(2,3)4)42-51(58)45-25-13-9-14-26-45/h8-9,11-21,23-42H,5-7,10,22H2,1-4H3. The first-order valence-corrected chi connectivity index (χ1v) is 24.9. The second-order valence-corrected chi connectivity index (χ2v) is 20.5. The van der Waals surface area contributed by atoms with Crippen molar-refractivity contribution in [2.45, 2.75) is 70.6 Å². The number of unbranched alkanes of at least 4 members (excludes halogenated alkanes) is 3. The number of hydrogen-bond acceptors (Lipinski definition) is 2. The second kappa shape index (κ2) is 15.6. The maximum atomic E-state index is 2.76. The molecule has 0 atom stereocenters. The monoisotopic (exact) mass is 874 g/mol. The predicted octanol–water partition coefficient (Wildman–Crippen LogP) is 15.8. The minimum Gasteiger partial charge on any atom is -0.376 e. The molecule has 1 aliphatic carbocycles. The van der Waals surface area contributed by atoms with Crippen LogP contribution in [0.1, 0.15) is 86.8 Å². The van der Waals surface area contributed by atoms with Crippen LogP contribution in [-0.4, -0.2) is 6.85 Å². The third-order valence-electron chi connectivity index (χ3n) is 15.7. The van der Waals surface area contributed by atoms with Crippen molar-refractivity contribution in [2.75, 3.05) is 9.71 Å². The predicted molar refractivity (Wildman–Crippen MR) is 288 cm³/mol. The highest BCUT2D eigenvalue weighted by molar-refractivity contribution is 6.93. The van der Waals surface area contributed by atoms with Crippen LogP contribution in [0.15, 0.2) is 200 Å². The van der Waals surface area contributed by atoms with Gasteiger partial charge in [0.15, 0.2) is 0 Å². The van der Waals surface area contributed by atoms with Crippen LogP contribution in [0.5, 0.6) is 0 Å². The van der Waals surface area contributed by atoms with Gasteiger partial charge in [-0.25, -0.2) is 0 Å². The minimum atomic E-state index is -0.482. The molecule has 0 amide bonds. The molecule has 0 aromatic heterocycles. The molecule has 3 aliphatic heterocycles. The van der Waals surface area contributed by atoms with E-state index in [2.05, 4.69) is 238 Å². The van der Waals surface area contributed by atoms with Crippen LogP contribution in [-0.2, 0) is 17.3 Å². The van der Waals surface area contributed by atoms with Crippen molar-refractivity contribution in [3.63, 3.8) is 0 Å². The van der Waals surface area contributed by atoms with Crippen molar-refractivity contribution in [1.29, 1.82) is 0 Å². The molecule has 1 spiro atoms. The van der Waals surface area contributed by atoms with Gasteiger partial charge in [0.25, 0.3) is 0 Å². The van der Waals surface area contributed by atoms with Crippen LogP contribution in [0.2, 0.25) is 0 Å². The number of benzene rings is 9. The van der Waals surface area contributed by atoms with E-state index in [0.717, 1.165) is 6.42 Å². The van der Waals surface area contributed by atoms with Crippen molar-refractivity contribution < 1.29 is 0 Å². The molecule has 328 valence electrons. The summed E-state index contributed by atoms with van der Waals surface area (Å²) in [5.41, 5.74) is 26.9. The van der Waals surface area contributed by atoms with E-state index in [1.54, 1.807) is 0 Å². The zero-order chi connectivity index (χ0) is 45.7. The molecule has 3 heteroatoms. The van der Waals surface area contributed by atoms with Gasteiger partial charge in [-0.05, 0) is 126 Å². The van der Waals surface area contributed by atoms with E-state index in [0.29, 0.717) is 0 Å². The molecule has 13 rings (SSSR count). The fourth-order valence-electron chi connectivity index (χ4n) is 12.6. The maximum absolute atomic E-state index is 2.76. The Morgan fingerprint density at radius 2 is 1.09 bits per heavy atom. The Morgan fingerprint density at radius 3 is 1.81 bits per heavy atom. The molecule has 0 N–H and O–H groups in total.